The summed E-state index contributed by atoms with van der Waals surface area (Å²) >= 11 is 0. The number of benzene rings is 1. The third-order valence-electron chi connectivity index (χ3n) is 4.01. The maximum atomic E-state index is 12.6. The number of piperidine rings is 1. The molecule has 1 aliphatic heterocycles. The van der Waals surface area contributed by atoms with Crippen molar-refractivity contribution in [2.24, 2.45) is 0 Å². The van der Waals surface area contributed by atoms with Gasteiger partial charge < -0.3 is 9.64 Å². The van der Waals surface area contributed by atoms with Gasteiger partial charge in [-0.25, -0.2) is 0 Å². The number of ether oxygens (including phenoxy) is 1. The lowest BCUT2D eigenvalue weighted by Crippen LogP contribution is -2.51. The van der Waals surface area contributed by atoms with Crippen molar-refractivity contribution in [3.8, 4) is 5.75 Å². The molecule has 1 fully saturated rings. The van der Waals surface area contributed by atoms with E-state index in [-0.39, 0.29) is 13.1 Å². The zero-order chi connectivity index (χ0) is 15.7. The molecule has 0 saturated carbocycles. The minimum Gasteiger partial charge on any atom is -0.497 e. The smallest absolute Gasteiger partial charge is 0.471 e. The van der Waals surface area contributed by atoms with Gasteiger partial charge in [0.25, 0.3) is 0 Å². The number of likely N-dealkylation sites (tertiary alicyclic amines) is 1. The van der Waals surface area contributed by atoms with Gasteiger partial charge in [0, 0.05) is 18.5 Å². The summed E-state index contributed by atoms with van der Waals surface area (Å²) in [4.78, 5) is 12.3. The van der Waals surface area contributed by atoms with E-state index in [0.717, 1.165) is 16.9 Å². The minimum absolute atomic E-state index is 0.0810. The Morgan fingerprint density at radius 3 is 2.43 bits per heavy atom. The number of hydrogen-bond donors (Lipinski definition) is 0. The molecule has 3 nitrogen and oxygen atoms in total. The van der Waals surface area contributed by atoms with Crippen LogP contribution in [0.4, 0.5) is 13.2 Å². The van der Waals surface area contributed by atoms with Gasteiger partial charge >= 0.3 is 12.1 Å². The van der Waals surface area contributed by atoms with Gasteiger partial charge in [0.05, 0.1) is 7.11 Å². The van der Waals surface area contributed by atoms with Crippen molar-refractivity contribution in [2.75, 3.05) is 20.2 Å². The summed E-state index contributed by atoms with van der Waals surface area (Å²) in [5, 5.41) is 0. The van der Waals surface area contributed by atoms with E-state index in [0.29, 0.717) is 12.2 Å². The number of halogens is 3. The summed E-state index contributed by atoms with van der Waals surface area (Å²) in [5.74, 6) is -1.05. The highest BCUT2D eigenvalue weighted by Crippen LogP contribution is 2.35. The number of amides is 1. The molecule has 1 amide bonds. The van der Waals surface area contributed by atoms with E-state index in [1.54, 1.807) is 19.2 Å². The lowest BCUT2D eigenvalue weighted by atomic mass is 9.76. The number of carbonyl (C=O) groups excluding carboxylic acids is 1. The van der Waals surface area contributed by atoms with Crippen LogP contribution in [0.15, 0.2) is 24.3 Å². The first-order valence-electron chi connectivity index (χ1n) is 6.77. The molecule has 1 atom stereocenters. The normalized spacial score (nSPS) is 23.0. The van der Waals surface area contributed by atoms with Gasteiger partial charge in [0.2, 0.25) is 0 Å². The lowest BCUT2D eigenvalue weighted by molar-refractivity contribution is -0.187. The highest BCUT2D eigenvalue weighted by molar-refractivity contribution is 5.82. The van der Waals surface area contributed by atoms with Crippen LogP contribution >= 0.6 is 0 Å². The molecular formula is C15H18F3NO2. The molecule has 6 heteroatoms. The Morgan fingerprint density at radius 1 is 1.29 bits per heavy atom. The molecule has 0 aromatic heterocycles. The van der Waals surface area contributed by atoms with E-state index in [9.17, 15) is 18.0 Å². The van der Waals surface area contributed by atoms with E-state index < -0.39 is 17.5 Å². The van der Waals surface area contributed by atoms with Crippen LogP contribution in [0.25, 0.3) is 0 Å². The number of nitrogens with zero attached hydrogens (tertiary/aromatic N) is 1. The highest BCUT2D eigenvalue weighted by Gasteiger charge is 2.45. The largest absolute Gasteiger partial charge is 0.497 e. The molecule has 0 unspecified atom stereocenters. The monoisotopic (exact) mass is 301 g/mol. The Labute approximate surface area is 121 Å². The molecule has 116 valence electrons. The molecule has 0 radical (unpaired) electrons. The third-order valence-corrected chi connectivity index (χ3v) is 4.01. The average Bonchev–Trinajstić information content (AvgIpc) is 2.45. The standard InChI is InChI=1S/C15H18F3NO2/c1-14(11-4-6-12(21-2)7-5-11)8-3-9-19(10-14)13(20)15(16,17)18/h4-7H,3,8-10H2,1-2H3/t14-/m1/s1. The molecule has 0 spiro atoms. The first-order chi connectivity index (χ1) is 9.76. The summed E-state index contributed by atoms with van der Waals surface area (Å²) in [6.45, 7) is 2.13. The molecule has 1 aliphatic rings. The minimum atomic E-state index is -4.81. The fraction of sp³-hybridized carbons (Fsp3) is 0.533. The van der Waals surface area contributed by atoms with E-state index >= 15 is 0 Å². The predicted octanol–water partition coefficient (Wildman–Crippen LogP) is 3.14. The SMILES string of the molecule is COc1ccc([C@]2(C)CCCN(C(=O)C(F)(F)F)C2)cc1. The van der Waals surface area contributed by atoms with Gasteiger partial charge in [-0.2, -0.15) is 13.2 Å². The molecule has 21 heavy (non-hydrogen) atoms. The molecule has 1 saturated heterocycles. The van der Waals surface area contributed by atoms with Gasteiger partial charge in [0.15, 0.2) is 0 Å². The van der Waals surface area contributed by atoms with E-state index in [2.05, 4.69) is 0 Å². The van der Waals surface area contributed by atoms with Crippen LogP contribution in [0.3, 0.4) is 0 Å². The van der Waals surface area contributed by atoms with Crippen LogP contribution in [-0.2, 0) is 10.2 Å². The molecule has 1 aromatic carbocycles. The summed E-state index contributed by atoms with van der Waals surface area (Å²) < 4.78 is 42.8. The number of methoxy groups -OCH3 is 1. The van der Waals surface area contributed by atoms with Crippen LogP contribution in [-0.4, -0.2) is 37.2 Å². The van der Waals surface area contributed by atoms with Crippen molar-refractivity contribution >= 4 is 5.91 Å². The Bertz CT molecular complexity index is 513. The number of rotatable bonds is 2. The quantitative estimate of drug-likeness (QED) is 0.840. The highest BCUT2D eigenvalue weighted by atomic mass is 19.4. The van der Waals surface area contributed by atoms with E-state index in [4.69, 9.17) is 4.74 Å². The molecule has 2 rings (SSSR count). The van der Waals surface area contributed by atoms with E-state index in [1.807, 2.05) is 19.1 Å². The third kappa shape index (κ3) is 3.31. The van der Waals surface area contributed by atoms with Crippen molar-refractivity contribution < 1.29 is 22.7 Å². The second kappa shape index (κ2) is 5.58. The van der Waals surface area contributed by atoms with Crippen LogP contribution < -0.4 is 4.74 Å². The van der Waals surface area contributed by atoms with Crippen LogP contribution in [0, 0.1) is 0 Å². The molecular weight excluding hydrogens is 283 g/mol. The molecule has 0 bridgehead atoms. The second-order valence-electron chi connectivity index (χ2n) is 5.62. The van der Waals surface area contributed by atoms with Crippen molar-refractivity contribution in [1.82, 2.24) is 4.90 Å². The summed E-state index contributed by atoms with van der Waals surface area (Å²) in [5.41, 5.74) is 0.453. The van der Waals surface area contributed by atoms with Crippen molar-refractivity contribution in [2.45, 2.75) is 31.4 Å². The van der Waals surface area contributed by atoms with Crippen molar-refractivity contribution in [3.63, 3.8) is 0 Å². The second-order valence-corrected chi connectivity index (χ2v) is 5.62. The van der Waals surface area contributed by atoms with Gasteiger partial charge in [-0.1, -0.05) is 19.1 Å². The fourth-order valence-corrected chi connectivity index (χ4v) is 2.82. The van der Waals surface area contributed by atoms with Gasteiger partial charge in [0.1, 0.15) is 5.75 Å². The van der Waals surface area contributed by atoms with Gasteiger partial charge in [-0.05, 0) is 30.5 Å². The molecule has 1 heterocycles. The van der Waals surface area contributed by atoms with Gasteiger partial charge in [-0.15, -0.1) is 0 Å². The summed E-state index contributed by atoms with van der Waals surface area (Å²) in [6.07, 6.45) is -3.50. The van der Waals surface area contributed by atoms with Crippen molar-refractivity contribution in [3.05, 3.63) is 29.8 Å². The maximum Gasteiger partial charge on any atom is 0.471 e. The number of hydrogen-bond acceptors (Lipinski definition) is 2. The lowest BCUT2D eigenvalue weighted by Gasteiger charge is -2.41. The van der Waals surface area contributed by atoms with Crippen LogP contribution in [0.5, 0.6) is 5.75 Å². The molecule has 0 aliphatic carbocycles. The predicted molar refractivity (Wildman–Crippen MR) is 72.2 cm³/mol. The number of carbonyl (C=O) groups is 1. The maximum absolute atomic E-state index is 12.6. The van der Waals surface area contributed by atoms with Gasteiger partial charge in [-0.3, -0.25) is 4.79 Å². The Balaban J connectivity index is 2.20. The first kappa shape index (κ1) is 15.7. The molecule has 0 N–H and O–H groups in total. The Kier molecular flexibility index (Phi) is 4.16. The molecule has 1 aromatic rings. The van der Waals surface area contributed by atoms with Crippen LogP contribution in [0.1, 0.15) is 25.3 Å². The summed E-state index contributed by atoms with van der Waals surface area (Å²) in [6, 6.07) is 7.26. The van der Waals surface area contributed by atoms with Crippen molar-refractivity contribution in [1.29, 1.82) is 0 Å². The zero-order valence-corrected chi connectivity index (χ0v) is 12.0. The van der Waals surface area contributed by atoms with E-state index in [1.165, 1.54) is 0 Å². The first-order valence-corrected chi connectivity index (χ1v) is 6.77. The topological polar surface area (TPSA) is 29.5 Å². The summed E-state index contributed by atoms with van der Waals surface area (Å²) in [7, 11) is 1.56. The average molecular weight is 301 g/mol. The fourth-order valence-electron chi connectivity index (χ4n) is 2.82. The Hall–Kier alpha value is -1.72. The number of alkyl halides is 3. The zero-order valence-electron chi connectivity index (χ0n) is 12.0. The Morgan fingerprint density at radius 2 is 1.90 bits per heavy atom. The van der Waals surface area contributed by atoms with Crippen LogP contribution in [0.2, 0.25) is 0 Å².